The second-order valence-corrected chi connectivity index (χ2v) is 7.19. The van der Waals surface area contributed by atoms with E-state index in [1.807, 2.05) is 62.4 Å². The Balaban J connectivity index is 1.73. The molecule has 0 aliphatic heterocycles. The van der Waals surface area contributed by atoms with E-state index in [4.69, 9.17) is 18.9 Å². The zero-order chi connectivity index (χ0) is 22.3. The molecule has 2 aromatic rings. The van der Waals surface area contributed by atoms with E-state index >= 15 is 0 Å². The minimum Gasteiger partial charge on any atom is -0.482 e. The minimum absolute atomic E-state index is 0.0866. The molecule has 2 aromatic carbocycles. The second-order valence-electron chi connectivity index (χ2n) is 7.19. The van der Waals surface area contributed by atoms with Gasteiger partial charge in [0.2, 0.25) is 0 Å². The number of carbonyl (C=O) groups is 2. The topological polar surface area (TPSA) is 71.1 Å². The fraction of sp³-hybridized carbons (Fsp3) is 0.440. The number of benzene rings is 2. The molecule has 6 heteroatoms. The Bertz CT molecular complexity index is 715. The SMILES string of the molecule is CCCCOC(=O)COc1ccc(Cc2ccc(OCC(=O)OCCCC)cc2)cc1. The van der Waals surface area contributed by atoms with E-state index < -0.39 is 0 Å². The van der Waals surface area contributed by atoms with Crippen molar-refractivity contribution >= 4 is 11.9 Å². The van der Waals surface area contributed by atoms with Gasteiger partial charge in [-0.05, 0) is 54.7 Å². The van der Waals surface area contributed by atoms with Gasteiger partial charge in [-0.1, -0.05) is 51.0 Å². The van der Waals surface area contributed by atoms with Crippen LogP contribution in [0, 0.1) is 0 Å². The molecule has 0 unspecified atom stereocenters. The van der Waals surface area contributed by atoms with Gasteiger partial charge in [0.25, 0.3) is 0 Å². The molecule has 0 N–H and O–H groups in total. The van der Waals surface area contributed by atoms with Crippen LogP contribution in [0.3, 0.4) is 0 Å². The zero-order valence-corrected chi connectivity index (χ0v) is 18.4. The third kappa shape index (κ3) is 10.0. The molecular weight excluding hydrogens is 396 g/mol. The van der Waals surface area contributed by atoms with E-state index in [2.05, 4.69) is 0 Å². The normalized spacial score (nSPS) is 10.4. The third-order valence-corrected chi connectivity index (χ3v) is 4.49. The van der Waals surface area contributed by atoms with Crippen LogP contribution in [-0.4, -0.2) is 38.4 Å². The number of unbranched alkanes of at least 4 members (excludes halogenated alkanes) is 2. The van der Waals surface area contributed by atoms with Crippen molar-refractivity contribution in [2.45, 2.75) is 46.0 Å². The fourth-order valence-corrected chi connectivity index (χ4v) is 2.67. The van der Waals surface area contributed by atoms with Crippen LogP contribution >= 0.6 is 0 Å². The fourth-order valence-electron chi connectivity index (χ4n) is 2.67. The van der Waals surface area contributed by atoms with Crippen molar-refractivity contribution in [1.82, 2.24) is 0 Å². The monoisotopic (exact) mass is 428 g/mol. The van der Waals surface area contributed by atoms with Crippen LogP contribution < -0.4 is 9.47 Å². The molecule has 0 aliphatic carbocycles. The Labute approximate surface area is 184 Å². The summed E-state index contributed by atoms with van der Waals surface area (Å²) in [7, 11) is 0. The van der Waals surface area contributed by atoms with Gasteiger partial charge in [-0.3, -0.25) is 0 Å². The van der Waals surface area contributed by atoms with Crippen molar-refractivity contribution in [3.05, 3.63) is 59.7 Å². The van der Waals surface area contributed by atoms with Gasteiger partial charge in [0, 0.05) is 0 Å². The van der Waals surface area contributed by atoms with Crippen molar-refractivity contribution in [1.29, 1.82) is 0 Å². The highest BCUT2D eigenvalue weighted by atomic mass is 16.6. The largest absolute Gasteiger partial charge is 0.482 e. The average Bonchev–Trinajstić information content (AvgIpc) is 2.78. The Hall–Kier alpha value is -3.02. The van der Waals surface area contributed by atoms with Crippen LogP contribution in [0.1, 0.15) is 50.7 Å². The van der Waals surface area contributed by atoms with Gasteiger partial charge in [-0.25, -0.2) is 9.59 Å². The van der Waals surface area contributed by atoms with Crippen LogP contribution in [0.4, 0.5) is 0 Å². The highest BCUT2D eigenvalue weighted by molar-refractivity contribution is 5.71. The average molecular weight is 429 g/mol. The molecule has 0 radical (unpaired) electrons. The quantitative estimate of drug-likeness (QED) is 0.320. The Morgan fingerprint density at radius 2 is 1.03 bits per heavy atom. The van der Waals surface area contributed by atoms with E-state index in [0.29, 0.717) is 24.7 Å². The van der Waals surface area contributed by atoms with Gasteiger partial charge in [-0.15, -0.1) is 0 Å². The molecule has 0 spiro atoms. The van der Waals surface area contributed by atoms with Crippen molar-refractivity contribution in [3.8, 4) is 11.5 Å². The van der Waals surface area contributed by atoms with Crippen LogP contribution in [0.5, 0.6) is 11.5 Å². The molecule has 0 amide bonds. The first kappa shape index (κ1) is 24.3. The number of hydrogen-bond donors (Lipinski definition) is 0. The number of carbonyl (C=O) groups excluding carboxylic acids is 2. The molecule has 0 aliphatic rings. The van der Waals surface area contributed by atoms with Crippen LogP contribution in [0.2, 0.25) is 0 Å². The molecule has 6 nitrogen and oxygen atoms in total. The van der Waals surface area contributed by atoms with Gasteiger partial charge >= 0.3 is 11.9 Å². The van der Waals surface area contributed by atoms with E-state index in [0.717, 1.165) is 43.2 Å². The summed E-state index contributed by atoms with van der Waals surface area (Å²) in [5, 5.41) is 0. The molecule has 0 saturated heterocycles. The van der Waals surface area contributed by atoms with Gasteiger partial charge in [0.05, 0.1) is 13.2 Å². The van der Waals surface area contributed by atoms with Gasteiger partial charge in [0.15, 0.2) is 13.2 Å². The summed E-state index contributed by atoms with van der Waals surface area (Å²) in [5.41, 5.74) is 2.23. The molecule has 168 valence electrons. The van der Waals surface area contributed by atoms with Crippen molar-refractivity contribution in [2.24, 2.45) is 0 Å². The number of hydrogen-bond acceptors (Lipinski definition) is 6. The maximum Gasteiger partial charge on any atom is 0.344 e. The van der Waals surface area contributed by atoms with E-state index in [1.165, 1.54) is 0 Å². The van der Waals surface area contributed by atoms with Crippen molar-refractivity contribution < 1.29 is 28.5 Å². The first-order valence-electron chi connectivity index (χ1n) is 10.9. The lowest BCUT2D eigenvalue weighted by Gasteiger charge is -2.09. The molecule has 0 fully saturated rings. The molecule has 31 heavy (non-hydrogen) atoms. The minimum atomic E-state index is -0.353. The molecule has 0 aromatic heterocycles. The van der Waals surface area contributed by atoms with E-state index in [9.17, 15) is 9.59 Å². The van der Waals surface area contributed by atoms with E-state index in [1.54, 1.807) is 0 Å². The van der Waals surface area contributed by atoms with Crippen LogP contribution in [-0.2, 0) is 25.5 Å². The Morgan fingerprint density at radius 1 is 0.645 bits per heavy atom. The maximum absolute atomic E-state index is 11.6. The summed E-state index contributed by atoms with van der Waals surface area (Å²) in [4.78, 5) is 23.2. The summed E-state index contributed by atoms with van der Waals surface area (Å²) in [6.07, 6.45) is 4.44. The molecule has 0 bridgehead atoms. The maximum atomic E-state index is 11.6. The summed E-state index contributed by atoms with van der Waals surface area (Å²) in [5.74, 6) is 0.555. The van der Waals surface area contributed by atoms with Crippen molar-refractivity contribution in [2.75, 3.05) is 26.4 Å². The van der Waals surface area contributed by atoms with Crippen molar-refractivity contribution in [3.63, 3.8) is 0 Å². The highest BCUT2D eigenvalue weighted by Gasteiger charge is 2.06. The summed E-state index contributed by atoms with van der Waals surface area (Å²) in [6.45, 7) is 4.78. The summed E-state index contributed by atoms with van der Waals surface area (Å²) < 4.78 is 21.1. The number of esters is 2. The van der Waals surface area contributed by atoms with Gasteiger partial charge in [-0.2, -0.15) is 0 Å². The van der Waals surface area contributed by atoms with Gasteiger partial charge < -0.3 is 18.9 Å². The van der Waals surface area contributed by atoms with Gasteiger partial charge in [0.1, 0.15) is 11.5 Å². The molecule has 0 saturated carbocycles. The van der Waals surface area contributed by atoms with Crippen LogP contribution in [0.25, 0.3) is 0 Å². The number of ether oxygens (including phenoxy) is 4. The molecule has 0 atom stereocenters. The molecule has 2 rings (SSSR count). The second kappa shape index (κ2) is 14.1. The predicted molar refractivity (Wildman–Crippen MR) is 118 cm³/mol. The molecular formula is C25H32O6. The standard InChI is InChI=1S/C25H32O6/c1-3-5-15-28-24(26)18-30-22-11-7-20(8-12-22)17-21-9-13-23(14-10-21)31-19-25(27)29-16-6-4-2/h7-14H,3-6,15-19H2,1-2H3. The number of rotatable bonds is 14. The van der Waals surface area contributed by atoms with Crippen LogP contribution in [0.15, 0.2) is 48.5 Å². The zero-order valence-electron chi connectivity index (χ0n) is 18.4. The Kier molecular flexibility index (Phi) is 11.0. The lowest BCUT2D eigenvalue weighted by molar-refractivity contribution is -0.146. The highest BCUT2D eigenvalue weighted by Crippen LogP contribution is 2.18. The first-order chi connectivity index (χ1) is 15.1. The lowest BCUT2D eigenvalue weighted by atomic mass is 10.0. The summed E-state index contributed by atoms with van der Waals surface area (Å²) in [6, 6.07) is 15.2. The summed E-state index contributed by atoms with van der Waals surface area (Å²) >= 11 is 0. The molecule has 0 heterocycles. The first-order valence-corrected chi connectivity index (χ1v) is 10.9. The predicted octanol–water partition coefficient (Wildman–Crippen LogP) is 4.72. The smallest absolute Gasteiger partial charge is 0.344 e. The lowest BCUT2D eigenvalue weighted by Crippen LogP contribution is -2.15. The van der Waals surface area contributed by atoms with E-state index in [-0.39, 0.29) is 25.2 Å². The third-order valence-electron chi connectivity index (χ3n) is 4.49. The Morgan fingerprint density at radius 3 is 1.39 bits per heavy atom.